The molecule has 1 saturated carbocycles. The predicted molar refractivity (Wildman–Crippen MR) is 67.1 cm³/mol. The summed E-state index contributed by atoms with van der Waals surface area (Å²) in [5, 5.41) is 9.97. The zero-order chi connectivity index (χ0) is 12.8. The van der Waals surface area contributed by atoms with E-state index in [2.05, 4.69) is 15.4 Å². The van der Waals surface area contributed by atoms with Crippen molar-refractivity contribution in [3.8, 4) is 0 Å². The number of hydrogen-bond acceptors (Lipinski definition) is 6. The van der Waals surface area contributed by atoms with Crippen molar-refractivity contribution < 1.29 is 5.03 Å². The van der Waals surface area contributed by atoms with Crippen LogP contribution in [0.25, 0.3) is 0 Å². The summed E-state index contributed by atoms with van der Waals surface area (Å²) in [7, 11) is 0. The molecule has 18 heavy (non-hydrogen) atoms. The zero-order valence-electron chi connectivity index (χ0n) is 9.30. The number of nitrogens with one attached hydrogen (secondary N) is 1. The number of hydrogen-bond donors (Lipinski definition) is 1. The Hall–Kier alpha value is -1.41. The molecule has 96 valence electrons. The highest BCUT2D eigenvalue weighted by atomic mass is 35.5. The van der Waals surface area contributed by atoms with Crippen molar-refractivity contribution in [2.75, 3.05) is 6.54 Å². The molecule has 1 aromatic rings. The second-order valence-corrected chi connectivity index (χ2v) is 6.10. The number of rotatable bonds is 3. The van der Waals surface area contributed by atoms with Crippen LogP contribution in [0.15, 0.2) is 11.2 Å². The molecule has 1 aromatic heterocycles. The average molecular weight is 288 g/mol. The van der Waals surface area contributed by atoms with E-state index in [1.165, 1.54) is 11.3 Å². The lowest BCUT2D eigenvalue weighted by molar-refractivity contribution is -0.526. The lowest BCUT2D eigenvalue weighted by Gasteiger charge is -2.25. The van der Waals surface area contributed by atoms with Crippen LogP contribution in [-0.2, 0) is 6.54 Å². The van der Waals surface area contributed by atoms with Crippen LogP contribution in [0.4, 0.5) is 0 Å². The topological polar surface area (TPSA) is 83.7 Å². The fourth-order valence-electron chi connectivity index (χ4n) is 2.12. The first kappa shape index (κ1) is 11.7. The molecule has 9 heteroatoms. The summed E-state index contributed by atoms with van der Waals surface area (Å²) < 4.78 is 0.481. The highest BCUT2D eigenvalue weighted by Gasteiger charge is 2.53. The van der Waals surface area contributed by atoms with Gasteiger partial charge < -0.3 is 4.90 Å². The minimum atomic E-state index is -0.577. The fourth-order valence-corrected chi connectivity index (χ4v) is 3.09. The van der Waals surface area contributed by atoms with Gasteiger partial charge in [0.05, 0.1) is 18.6 Å². The lowest BCUT2D eigenvalue weighted by atomic mass is 10.2. The molecule has 0 radical (unpaired) electrons. The molecule has 0 saturated heterocycles. The van der Waals surface area contributed by atoms with Crippen LogP contribution in [0.2, 0.25) is 4.47 Å². The largest absolute Gasteiger partial charge is 0.326 e. The van der Waals surface area contributed by atoms with Crippen LogP contribution < -0.4 is 5.43 Å². The molecule has 1 N–H and O–H groups in total. The van der Waals surface area contributed by atoms with Crippen molar-refractivity contribution in [1.82, 2.24) is 15.3 Å². The quantitative estimate of drug-likeness (QED) is 0.669. The van der Waals surface area contributed by atoms with Gasteiger partial charge in [-0.1, -0.05) is 17.0 Å². The zero-order valence-corrected chi connectivity index (χ0v) is 10.9. The Balaban J connectivity index is 1.78. The monoisotopic (exact) mass is 287 g/mol. The summed E-state index contributed by atoms with van der Waals surface area (Å²) in [4.78, 5) is 21.7. The summed E-state index contributed by atoms with van der Waals surface area (Å²) in [5.74, 6) is 0.335. The molecule has 2 aliphatic rings. The Labute approximate surface area is 112 Å². The lowest BCUT2D eigenvalue weighted by Crippen LogP contribution is -2.46. The van der Waals surface area contributed by atoms with Gasteiger partial charge in [0.2, 0.25) is 0 Å². The first-order valence-corrected chi connectivity index (χ1v) is 6.62. The summed E-state index contributed by atoms with van der Waals surface area (Å²) in [6.07, 6.45) is 3.74. The van der Waals surface area contributed by atoms with E-state index in [9.17, 15) is 10.1 Å². The maximum atomic E-state index is 10.5. The van der Waals surface area contributed by atoms with Gasteiger partial charge in [0.15, 0.2) is 9.50 Å². The number of thiazole rings is 1. The van der Waals surface area contributed by atoms with Crippen molar-refractivity contribution in [3.63, 3.8) is 0 Å². The van der Waals surface area contributed by atoms with E-state index in [4.69, 9.17) is 11.6 Å². The molecular formula is C9H10ClN5O2S. The van der Waals surface area contributed by atoms with Crippen molar-refractivity contribution >= 4 is 28.9 Å². The molecule has 7 nitrogen and oxygen atoms in total. The number of hydrazine groups is 1. The molecule has 1 aliphatic carbocycles. The Morgan fingerprint density at radius 2 is 2.44 bits per heavy atom. The minimum absolute atomic E-state index is 0.0190. The fraction of sp³-hybridized carbons (Fsp3) is 0.556. The smallest absolute Gasteiger partial charge is 0.257 e. The van der Waals surface area contributed by atoms with Crippen molar-refractivity contribution in [2.24, 2.45) is 4.99 Å². The molecule has 1 spiro atoms. The van der Waals surface area contributed by atoms with Crippen molar-refractivity contribution in [2.45, 2.75) is 24.9 Å². The third-order valence-electron chi connectivity index (χ3n) is 3.21. The van der Waals surface area contributed by atoms with Gasteiger partial charge in [-0.25, -0.2) is 20.1 Å². The highest BCUT2D eigenvalue weighted by Crippen LogP contribution is 2.45. The van der Waals surface area contributed by atoms with Gasteiger partial charge in [-0.15, -0.1) is 11.3 Å². The summed E-state index contributed by atoms with van der Waals surface area (Å²) >= 11 is 7.17. The van der Waals surface area contributed by atoms with Gasteiger partial charge in [-0.2, -0.15) is 0 Å². The molecule has 0 bridgehead atoms. The molecule has 0 amide bonds. The van der Waals surface area contributed by atoms with Crippen molar-refractivity contribution in [1.29, 1.82) is 0 Å². The van der Waals surface area contributed by atoms with Crippen LogP contribution in [0.5, 0.6) is 0 Å². The van der Waals surface area contributed by atoms with E-state index in [1.807, 2.05) is 4.90 Å². The maximum Gasteiger partial charge on any atom is 0.257 e. The van der Waals surface area contributed by atoms with Gasteiger partial charge in [0, 0.05) is 11.1 Å². The molecule has 2 heterocycles. The van der Waals surface area contributed by atoms with E-state index < -0.39 is 5.03 Å². The number of nitro groups is 1. The van der Waals surface area contributed by atoms with Crippen LogP contribution in [0, 0.1) is 10.1 Å². The highest BCUT2D eigenvalue weighted by molar-refractivity contribution is 7.15. The van der Waals surface area contributed by atoms with E-state index >= 15 is 0 Å². The summed E-state index contributed by atoms with van der Waals surface area (Å²) in [6, 6.07) is 0. The Morgan fingerprint density at radius 1 is 1.67 bits per heavy atom. The first-order valence-electron chi connectivity index (χ1n) is 5.42. The number of halogens is 1. The van der Waals surface area contributed by atoms with Crippen LogP contribution >= 0.6 is 22.9 Å². The number of aromatic nitrogens is 1. The number of guanidine groups is 1. The Morgan fingerprint density at radius 3 is 3.00 bits per heavy atom. The van der Waals surface area contributed by atoms with Crippen LogP contribution in [0.1, 0.15) is 17.7 Å². The molecular weight excluding hydrogens is 278 g/mol. The molecule has 0 unspecified atom stereocenters. The van der Waals surface area contributed by atoms with Gasteiger partial charge in [0.25, 0.3) is 5.96 Å². The third-order valence-corrected chi connectivity index (χ3v) is 4.31. The molecule has 0 atom stereocenters. The molecule has 0 aromatic carbocycles. The normalized spacial score (nSPS) is 20.1. The van der Waals surface area contributed by atoms with E-state index in [1.54, 1.807) is 6.20 Å². The minimum Gasteiger partial charge on any atom is -0.326 e. The third kappa shape index (κ3) is 2.01. The standard InChI is InChI=1S/C9H10ClN5O2S/c10-7-11-3-6(18-7)4-14-8(13-15(16)17)12-5-9(14)1-2-9/h3H,1-2,4-5H2,(H,12,13). The van der Waals surface area contributed by atoms with E-state index in [0.717, 1.165) is 17.7 Å². The average Bonchev–Trinajstić information content (AvgIpc) is 2.87. The predicted octanol–water partition coefficient (Wildman–Crippen LogP) is 1.28. The summed E-state index contributed by atoms with van der Waals surface area (Å²) in [6.45, 7) is 1.18. The van der Waals surface area contributed by atoms with Gasteiger partial charge in [-0.05, 0) is 12.8 Å². The van der Waals surface area contributed by atoms with E-state index in [-0.39, 0.29) is 5.54 Å². The first-order chi connectivity index (χ1) is 8.59. The molecule has 1 aliphatic heterocycles. The molecule has 3 rings (SSSR count). The second kappa shape index (κ2) is 4.06. The Bertz CT molecular complexity index is 527. The SMILES string of the molecule is O=[N+]([O-])NC1=NCC2(CC2)N1Cc1cnc(Cl)s1. The van der Waals surface area contributed by atoms with Gasteiger partial charge >= 0.3 is 0 Å². The van der Waals surface area contributed by atoms with Crippen LogP contribution in [0.3, 0.4) is 0 Å². The van der Waals surface area contributed by atoms with Gasteiger partial charge in [-0.3, -0.25) is 0 Å². The van der Waals surface area contributed by atoms with E-state index in [0.29, 0.717) is 23.5 Å². The molecule has 1 fully saturated rings. The second-order valence-electron chi connectivity index (χ2n) is 4.40. The van der Waals surface area contributed by atoms with Gasteiger partial charge in [0.1, 0.15) is 0 Å². The maximum absolute atomic E-state index is 10.5. The number of nitrogens with zero attached hydrogens (tertiary/aromatic N) is 4. The van der Waals surface area contributed by atoms with Crippen molar-refractivity contribution in [3.05, 3.63) is 25.7 Å². The van der Waals surface area contributed by atoms with Crippen LogP contribution in [-0.4, -0.2) is 33.0 Å². The number of aliphatic imine (C=N–C) groups is 1. The Kier molecular flexibility index (Phi) is 2.63. The summed E-state index contributed by atoms with van der Waals surface area (Å²) in [5.41, 5.74) is 2.14.